The van der Waals surface area contributed by atoms with E-state index in [-0.39, 0.29) is 11.0 Å². The van der Waals surface area contributed by atoms with Crippen molar-refractivity contribution >= 4 is 28.4 Å². The number of rotatable bonds is 6. The lowest BCUT2D eigenvalue weighted by molar-refractivity contribution is 0.0734. The molecule has 4 fully saturated rings. The van der Waals surface area contributed by atoms with Crippen molar-refractivity contribution in [2.24, 2.45) is 16.7 Å². The number of aryl methyl sites for hydroxylation is 1. The zero-order chi connectivity index (χ0) is 31.0. The zero-order valence-corrected chi connectivity index (χ0v) is 26.8. The van der Waals surface area contributed by atoms with Crippen molar-refractivity contribution < 1.29 is 5.11 Å². The molecule has 2 N–H and O–H groups in total. The highest BCUT2D eigenvalue weighted by Gasteiger charge is 2.52. The van der Waals surface area contributed by atoms with E-state index in [4.69, 9.17) is 9.97 Å². The first-order valence-corrected chi connectivity index (χ1v) is 17.4. The van der Waals surface area contributed by atoms with Crippen LogP contribution < -0.4 is 15.8 Å². The molecule has 10 heteroatoms. The molecule has 5 heterocycles. The lowest BCUT2D eigenvalue weighted by Gasteiger charge is -2.46. The summed E-state index contributed by atoms with van der Waals surface area (Å²) in [6.07, 6.45) is 12.6. The third kappa shape index (κ3) is 4.92. The van der Waals surface area contributed by atoms with Crippen molar-refractivity contribution in [3.8, 4) is 5.82 Å². The molecule has 3 aromatic heterocycles. The largest absolute Gasteiger partial charge is 0.386 e. The highest BCUT2D eigenvalue weighted by atomic mass is 16.3. The van der Waals surface area contributed by atoms with Gasteiger partial charge < -0.3 is 20.2 Å². The number of hydrogen-bond donors (Lipinski definition) is 2. The summed E-state index contributed by atoms with van der Waals surface area (Å²) >= 11 is 0. The van der Waals surface area contributed by atoms with Gasteiger partial charge in [0.2, 0.25) is 5.95 Å². The molecule has 240 valence electrons. The third-order valence-corrected chi connectivity index (χ3v) is 12.0. The Morgan fingerprint density at radius 2 is 1.65 bits per heavy atom. The average Bonchev–Trinajstić information content (AvgIpc) is 4.02. The van der Waals surface area contributed by atoms with Gasteiger partial charge in [-0.3, -0.25) is 4.79 Å². The third-order valence-electron chi connectivity index (χ3n) is 12.0. The average molecular weight is 621 g/mol. The fourth-order valence-corrected chi connectivity index (χ4v) is 8.30. The van der Waals surface area contributed by atoms with E-state index >= 15 is 0 Å². The number of fused-ring (bicyclic) bond motifs is 2. The maximum Gasteiger partial charge on any atom is 0.278 e. The van der Waals surface area contributed by atoms with Crippen LogP contribution in [0.2, 0.25) is 0 Å². The maximum atomic E-state index is 13.7. The first-order valence-electron chi connectivity index (χ1n) is 17.4. The van der Waals surface area contributed by atoms with Crippen molar-refractivity contribution in [2.45, 2.75) is 76.9 Å². The number of nitrogens with one attached hydrogen (secondary N) is 1. The van der Waals surface area contributed by atoms with Gasteiger partial charge in [-0.05, 0) is 132 Å². The van der Waals surface area contributed by atoms with Gasteiger partial charge in [0.1, 0.15) is 11.5 Å². The molecule has 3 aliphatic carbocycles. The molecule has 5 aliphatic rings. The highest BCUT2D eigenvalue weighted by molar-refractivity contribution is 5.77. The van der Waals surface area contributed by atoms with Gasteiger partial charge in [-0.25, -0.2) is 19.3 Å². The predicted octanol–water partition coefficient (Wildman–Crippen LogP) is 5.20. The van der Waals surface area contributed by atoms with Crippen LogP contribution in [0.3, 0.4) is 0 Å². The fourth-order valence-electron chi connectivity index (χ4n) is 8.30. The number of aliphatic hydroxyl groups excluding tert-OH is 1. The standard InChI is InChI=1S/C36H44N8O2/c1-41-18-14-35(15-19-41)16-20-42(21-17-35)27-7-5-26(6-8-27)38-34-37-22-28-32(40-34)44(43(33(28)46)23-24-2-3-24)29-9-4-25-10-11-36(12-13-36)31(45)30(25)39-29/h4-9,22,24,31,45H,2-3,10-21,23H2,1H3,(H,37,38,40). The molecule has 0 radical (unpaired) electrons. The Labute approximate surface area is 269 Å². The lowest BCUT2D eigenvalue weighted by atomic mass is 9.71. The first-order chi connectivity index (χ1) is 22.4. The number of likely N-dealkylation sites (tertiary alicyclic amines) is 1. The molecule has 2 aliphatic heterocycles. The van der Waals surface area contributed by atoms with Gasteiger partial charge in [0.25, 0.3) is 5.56 Å². The summed E-state index contributed by atoms with van der Waals surface area (Å²) in [4.78, 5) is 33.1. The normalized spacial score (nSPS) is 23.6. The van der Waals surface area contributed by atoms with Crippen molar-refractivity contribution in [2.75, 3.05) is 43.4 Å². The van der Waals surface area contributed by atoms with Gasteiger partial charge in [0, 0.05) is 42.6 Å². The molecular formula is C36H44N8O2. The summed E-state index contributed by atoms with van der Waals surface area (Å²) in [7, 11) is 2.24. The minimum Gasteiger partial charge on any atom is -0.386 e. The molecule has 2 saturated carbocycles. The van der Waals surface area contributed by atoms with E-state index in [1.807, 2.05) is 10.7 Å². The van der Waals surface area contributed by atoms with Crippen LogP contribution in [0, 0.1) is 16.7 Å². The number of pyridine rings is 1. The summed E-state index contributed by atoms with van der Waals surface area (Å²) < 4.78 is 3.64. The molecule has 1 unspecified atom stereocenters. The van der Waals surface area contributed by atoms with Crippen LogP contribution in [-0.2, 0) is 13.0 Å². The molecule has 2 spiro atoms. The minimum atomic E-state index is -0.559. The van der Waals surface area contributed by atoms with Crippen molar-refractivity contribution in [1.29, 1.82) is 0 Å². The second-order valence-electron chi connectivity index (χ2n) is 15.0. The Morgan fingerprint density at radius 1 is 0.913 bits per heavy atom. The number of piperidine rings is 2. The van der Waals surface area contributed by atoms with Gasteiger partial charge in [-0.15, -0.1) is 0 Å². The smallest absolute Gasteiger partial charge is 0.278 e. The number of aromatic nitrogens is 5. The molecule has 46 heavy (non-hydrogen) atoms. The van der Waals surface area contributed by atoms with Crippen molar-refractivity contribution in [1.82, 2.24) is 29.2 Å². The van der Waals surface area contributed by atoms with E-state index < -0.39 is 6.10 Å². The van der Waals surface area contributed by atoms with E-state index in [0.29, 0.717) is 40.7 Å². The number of nitrogens with zero attached hydrogens (tertiary/aromatic N) is 7. The molecule has 10 nitrogen and oxygen atoms in total. The Kier molecular flexibility index (Phi) is 6.58. The van der Waals surface area contributed by atoms with Crippen LogP contribution in [0.4, 0.5) is 17.3 Å². The van der Waals surface area contributed by atoms with E-state index in [9.17, 15) is 9.90 Å². The number of anilines is 3. The van der Waals surface area contributed by atoms with Gasteiger partial charge in [-0.2, -0.15) is 4.98 Å². The van der Waals surface area contributed by atoms with E-state index in [1.54, 1.807) is 10.9 Å². The van der Waals surface area contributed by atoms with Crippen LogP contribution in [0.1, 0.15) is 75.1 Å². The molecule has 4 aromatic rings. The van der Waals surface area contributed by atoms with Gasteiger partial charge in [-0.1, -0.05) is 6.07 Å². The summed E-state index contributed by atoms with van der Waals surface area (Å²) in [5.41, 5.74) is 4.99. The first kappa shape index (κ1) is 28.5. The van der Waals surface area contributed by atoms with Crippen molar-refractivity contribution in [3.05, 3.63) is 64.2 Å². The van der Waals surface area contributed by atoms with E-state index in [2.05, 4.69) is 57.5 Å². The van der Waals surface area contributed by atoms with Crippen LogP contribution >= 0.6 is 0 Å². The number of benzene rings is 1. The summed E-state index contributed by atoms with van der Waals surface area (Å²) in [6.45, 7) is 5.30. The number of aliphatic hydroxyl groups is 1. The predicted molar refractivity (Wildman–Crippen MR) is 179 cm³/mol. The lowest BCUT2D eigenvalue weighted by Crippen LogP contribution is -2.46. The zero-order valence-electron chi connectivity index (χ0n) is 26.8. The molecule has 9 rings (SSSR count). The molecule has 0 bridgehead atoms. The van der Waals surface area contributed by atoms with Crippen LogP contribution in [-0.4, -0.2) is 67.5 Å². The van der Waals surface area contributed by atoms with Gasteiger partial charge >= 0.3 is 0 Å². The van der Waals surface area contributed by atoms with Crippen molar-refractivity contribution in [3.63, 3.8) is 0 Å². The van der Waals surface area contributed by atoms with Gasteiger partial charge in [0.15, 0.2) is 11.5 Å². The summed E-state index contributed by atoms with van der Waals surface area (Å²) in [6, 6.07) is 12.6. The topological polar surface area (TPSA) is 104 Å². The SMILES string of the molecule is CN1CCC2(CC1)CCN(c1ccc(Nc3ncc4c(=O)n(CC5CC5)n(-c5ccc6c(n5)C(O)C5(CC6)CC5)c4n3)cc1)CC2. The fraction of sp³-hybridized carbons (Fsp3) is 0.556. The summed E-state index contributed by atoms with van der Waals surface area (Å²) in [5.74, 6) is 1.55. The van der Waals surface area contributed by atoms with E-state index in [0.717, 1.165) is 68.6 Å². The second-order valence-corrected chi connectivity index (χ2v) is 15.0. The van der Waals surface area contributed by atoms with E-state index in [1.165, 1.54) is 44.5 Å². The Bertz CT molecular complexity index is 1840. The summed E-state index contributed by atoms with van der Waals surface area (Å²) in [5, 5.41) is 15.1. The second kappa shape index (κ2) is 10.6. The minimum absolute atomic E-state index is 0.0112. The number of hydrogen-bond acceptors (Lipinski definition) is 8. The molecular weight excluding hydrogens is 576 g/mol. The Hall–Kier alpha value is -3.76. The van der Waals surface area contributed by atoms with Crippen LogP contribution in [0.5, 0.6) is 0 Å². The monoisotopic (exact) mass is 620 g/mol. The Morgan fingerprint density at radius 3 is 2.37 bits per heavy atom. The highest BCUT2D eigenvalue weighted by Crippen LogP contribution is 2.60. The van der Waals surface area contributed by atoms with Gasteiger partial charge in [0.05, 0.1) is 5.69 Å². The van der Waals surface area contributed by atoms with Crippen LogP contribution in [0.25, 0.3) is 16.9 Å². The maximum absolute atomic E-state index is 13.7. The molecule has 1 aromatic carbocycles. The quantitative estimate of drug-likeness (QED) is 0.303. The van der Waals surface area contributed by atoms with Crippen LogP contribution in [0.15, 0.2) is 47.4 Å². The Balaban J connectivity index is 0.986. The molecule has 0 amide bonds. The molecule has 1 atom stereocenters. The molecule has 2 saturated heterocycles.